The lowest BCUT2D eigenvalue weighted by molar-refractivity contribution is -0.116. The van der Waals surface area contributed by atoms with E-state index >= 15 is 0 Å². The molecule has 27 heavy (non-hydrogen) atoms. The van der Waals surface area contributed by atoms with Crippen molar-refractivity contribution in [2.45, 2.75) is 26.9 Å². The molecule has 0 aliphatic carbocycles. The van der Waals surface area contributed by atoms with Gasteiger partial charge in [0.1, 0.15) is 6.54 Å². The summed E-state index contributed by atoms with van der Waals surface area (Å²) in [4.78, 5) is 25.0. The normalized spacial score (nSPS) is 10.6. The number of benzene rings is 1. The van der Waals surface area contributed by atoms with Gasteiger partial charge in [-0.05, 0) is 41.9 Å². The van der Waals surface area contributed by atoms with Gasteiger partial charge < -0.3 is 10.6 Å². The van der Waals surface area contributed by atoms with E-state index < -0.39 is 0 Å². The minimum Gasteiger partial charge on any atom is -0.321 e. The Morgan fingerprint density at radius 2 is 1.81 bits per heavy atom. The molecule has 0 aliphatic heterocycles. The summed E-state index contributed by atoms with van der Waals surface area (Å²) in [5, 5.41) is 14.0. The van der Waals surface area contributed by atoms with Crippen molar-refractivity contribution >= 4 is 39.1 Å². The van der Waals surface area contributed by atoms with Gasteiger partial charge in [-0.2, -0.15) is 10.2 Å². The van der Waals surface area contributed by atoms with Crippen LogP contribution in [0.5, 0.6) is 0 Å². The monoisotopic (exact) mass is 430 g/mol. The molecule has 0 unspecified atom stereocenters. The van der Waals surface area contributed by atoms with E-state index in [1.54, 1.807) is 29.2 Å². The Balaban J connectivity index is 1.75. The number of hydrogen-bond acceptors (Lipinski definition) is 4. The predicted octanol–water partition coefficient (Wildman–Crippen LogP) is 3.06. The second kappa shape index (κ2) is 8.17. The third-order valence-corrected chi connectivity index (χ3v) is 4.58. The van der Waals surface area contributed by atoms with Gasteiger partial charge in [-0.15, -0.1) is 0 Å². The van der Waals surface area contributed by atoms with Crippen molar-refractivity contribution in [3.63, 3.8) is 0 Å². The second-order valence-corrected chi connectivity index (χ2v) is 6.73. The van der Waals surface area contributed by atoms with Crippen LogP contribution in [0.2, 0.25) is 0 Å². The Morgan fingerprint density at radius 1 is 1.07 bits per heavy atom. The lowest BCUT2D eigenvalue weighted by Gasteiger charge is -2.06. The molecule has 140 valence electrons. The standard InChI is InChI=1S/C18H19BrN6O2/c1-3-24-10-15(21-16(26)11-25-9-14(19)12(2)22-25)17(23-24)18(27)20-13-7-5-4-6-8-13/h4-10H,3,11H2,1-2H3,(H,20,27)(H,21,26). The van der Waals surface area contributed by atoms with E-state index in [4.69, 9.17) is 0 Å². The molecule has 0 spiro atoms. The zero-order chi connectivity index (χ0) is 19.4. The fourth-order valence-electron chi connectivity index (χ4n) is 2.47. The van der Waals surface area contributed by atoms with Gasteiger partial charge in [0.2, 0.25) is 5.91 Å². The molecule has 8 nitrogen and oxygen atoms in total. The van der Waals surface area contributed by atoms with Crippen LogP contribution in [-0.4, -0.2) is 31.4 Å². The Morgan fingerprint density at radius 3 is 2.44 bits per heavy atom. The van der Waals surface area contributed by atoms with E-state index in [1.807, 2.05) is 32.0 Å². The third kappa shape index (κ3) is 4.62. The zero-order valence-corrected chi connectivity index (χ0v) is 16.5. The maximum absolute atomic E-state index is 12.6. The number of anilines is 2. The summed E-state index contributed by atoms with van der Waals surface area (Å²) in [5.74, 6) is -0.684. The van der Waals surface area contributed by atoms with Crippen molar-refractivity contribution in [1.82, 2.24) is 19.6 Å². The van der Waals surface area contributed by atoms with Crippen molar-refractivity contribution < 1.29 is 9.59 Å². The second-order valence-electron chi connectivity index (χ2n) is 5.88. The molecule has 2 aromatic heterocycles. The maximum atomic E-state index is 12.6. The van der Waals surface area contributed by atoms with Crippen molar-refractivity contribution in [3.05, 3.63) is 58.6 Å². The predicted molar refractivity (Wildman–Crippen MR) is 106 cm³/mol. The van der Waals surface area contributed by atoms with Gasteiger partial charge in [0.15, 0.2) is 5.69 Å². The van der Waals surface area contributed by atoms with E-state index in [1.165, 1.54) is 4.68 Å². The minimum absolute atomic E-state index is 0.0312. The van der Waals surface area contributed by atoms with E-state index in [9.17, 15) is 9.59 Å². The fraction of sp³-hybridized carbons (Fsp3) is 0.222. The summed E-state index contributed by atoms with van der Waals surface area (Å²) in [7, 11) is 0. The topological polar surface area (TPSA) is 93.8 Å². The first kappa shape index (κ1) is 18.8. The van der Waals surface area contributed by atoms with Crippen LogP contribution in [0, 0.1) is 6.92 Å². The Kier molecular flexibility index (Phi) is 5.70. The van der Waals surface area contributed by atoms with Crippen LogP contribution in [0.15, 0.2) is 47.2 Å². The highest BCUT2D eigenvalue weighted by Crippen LogP contribution is 2.17. The van der Waals surface area contributed by atoms with Crippen LogP contribution in [0.25, 0.3) is 0 Å². The van der Waals surface area contributed by atoms with Gasteiger partial charge in [0.25, 0.3) is 5.91 Å². The first-order valence-electron chi connectivity index (χ1n) is 8.39. The first-order valence-corrected chi connectivity index (χ1v) is 9.18. The summed E-state index contributed by atoms with van der Waals surface area (Å²) in [5.41, 5.74) is 1.97. The summed E-state index contributed by atoms with van der Waals surface area (Å²) >= 11 is 3.37. The summed E-state index contributed by atoms with van der Waals surface area (Å²) in [6, 6.07) is 9.08. The van der Waals surface area contributed by atoms with Crippen LogP contribution < -0.4 is 10.6 Å². The van der Waals surface area contributed by atoms with Crippen LogP contribution in [0.4, 0.5) is 11.4 Å². The number of amides is 2. The van der Waals surface area contributed by atoms with Crippen LogP contribution >= 0.6 is 15.9 Å². The van der Waals surface area contributed by atoms with Gasteiger partial charge >= 0.3 is 0 Å². The molecule has 0 bridgehead atoms. The average Bonchev–Trinajstić information content (AvgIpc) is 3.18. The average molecular weight is 431 g/mol. The molecular formula is C18H19BrN6O2. The van der Waals surface area contributed by atoms with E-state index in [0.29, 0.717) is 17.9 Å². The highest BCUT2D eigenvalue weighted by Gasteiger charge is 2.19. The molecule has 3 rings (SSSR count). The van der Waals surface area contributed by atoms with E-state index in [2.05, 4.69) is 36.8 Å². The van der Waals surface area contributed by atoms with Gasteiger partial charge in [0, 0.05) is 24.6 Å². The van der Waals surface area contributed by atoms with E-state index in [0.717, 1.165) is 10.2 Å². The van der Waals surface area contributed by atoms with Gasteiger partial charge in [-0.25, -0.2) is 0 Å². The van der Waals surface area contributed by atoms with Crippen molar-refractivity contribution in [3.8, 4) is 0 Å². The van der Waals surface area contributed by atoms with E-state index in [-0.39, 0.29) is 24.1 Å². The molecule has 3 aromatic rings. The number of hydrogen-bond donors (Lipinski definition) is 2. The number of halogens is 1. The molecule has 0 aliphatic rings. The number of aryl methyl sites for hydroxylation is 2. The summed E-state index contributed by atoms with van der Waals surface area (Å²) < 4.78 is 3.96. The molecule has 0 saturated carbocycles. The molecular weight excluding hydrogens is 412 g/mol. The molecule has 0 radical (unpaired) electrons. The number of rotatable bonds is 6. The molecule has 0 fully saturated rings. The highest BCUT2D eigenvalue weighted by atomic mass is 79.9. The highest BCUT2D eigenvalue weighted by molar-refractivity contribution is 9.10. The number of carbonyl (C=O) groups excluding carboxylic acids is 2. The van der Waals surface area contributed by atoms with Gasteiger partial charge in [-0.1, -0.05) is 18.2 Å². The van der Waals surface area contributed by atoms with Crippen molar-refractivity contribution in [1.29, 1.82) is 0 Å². The summed E-state index contributed by atoms with van der Waals surface area (Å²) in [6.07, 6.45) is 3.37. The van der Waals surface area contributed by atoms with Crippen LogP contribution in [0.3, 0.4) is 0 Å². The summed E-state index contributed by atoms with van der Waals surface area (Å²) in [6.45, 7) is 4.35. The molecule has 9 heteroatoms. The number of aromatic nitrogens is 4. The van der Waals surface area contributed by atoms with Crippen LogP contribution in [-0.2, 0) is 17.9 Å². The quantitative estimate of drug-likeness (QED) is 0.628. The lowest BCUT2D eigenvalue weighted by atomic mass is 10.3. The Labute approximate surface area is 164 Å². The molecule has 2 N–H and O–H groups in total. The SMILES string of the molecule is CCn1cc(NC(=O)Cn2cc(Br)c(C)n2)c(C(=O)Nc2ccccc2)n1. The number of para-hydroxylation sites is 1. The minimum atomic E-state index is -0.388. The molecule has 0 saturated heterocycles. The Bertz CT molecular complexity index is 944. The fourth-order valence-corrected chi connectivity index (χ4v) is 2.78. The molecule has 2 heterocycles. The van der Waals surface area contributed by atoms with Crippen molar-refractivity contribution in [2.75, 3.05) is 10.6 Å². The Hall–Kier alpha value is -2.94. The van der Waals surface area contributed by atoms with Gasteiger partial charge in [-0.3, -0.25) is 19.0 Å². The molecule has 1 aromatic carbocycles. The maximum Gasteiger partial charge on any atom is 0.278 e. The lowest BCUT2D eigenvalue weighted by Crippen LogP contribution is -2.21. The van der Waals surface area contributed by atoms with Crippen molar-refractivity contribution in [2.24, 2.45) is 0 Å². The number of nitrogens with zero attached hydrogens (tertiary/aromatic N) is 4. The first-order chi connectivity index (χ1) is 13.0. The zero-order valence-electron chi connectivity index (χ0n) is 14.9. The smallest absolute Gasteiger partial charge is 0.278 e. The third-order valence-electron chi connectivity index (χ3n) is 3.80. The number of nitrogens with one attached hydrogen (secondary N) is 2. The number of carbonyl (C=O) groups is 2. The molecule has 2 amide bonds. The molecule has 0 atom stereocenters. The largest absolute Gasteiger partial charge is 0.321 e. The van der Waals surface area contributed by atoms with Crippen LogP contribution in [0.1, 0.15) is 23.1 Å². The van der Waals surface area contributed by atoms with Gasteiger partial charge in [0.05, 0.1) is 15.9 Å².